The molecule has 2 heterocycles. The van der Waals surface area contributed by atoms with Crippen LogP contribution in [0.4, 0.5) is 5.95 Å². The average Bonchev–Trinajstić information content (AvgIpc) is 2.43. The summed E-state index contributed by atoms with van der Waals surface area (Å²) >= 11 is 0. The van der Waals surface area contributed by atoms with Crippen LogP contribution in [0.15, 0.2) is 0 Å². The molecule has 0 spiro atoms. The van der Waals surface area contributed by atoms with Crippen molar-refractivity contribution in [2.75, 3.05) is 12.4 Å². The monoisotopic (exact) mass is 178 g/mol. The minimum Gasteiger partial charge on any atom is -0.357 e. The average molecular weight is 178 g/mol. The highest BCUT2D eigenvalue weighted by Gasteiger charge is 2.06. The molecule has 2 aromatic rings. The van der Waals surface area contributed by atoms with E-state index < -0.39 is 0 Å². The molecular formula is C7H10N6. The Morgan fingerprint density at radius 1 is 1.08 bits per heavy atom. The highest BCUT2D eigenvalue weighted by Crippen LogP contribution is 2.05. The summed E-state index contributed by atoms with van der Waals surface area (Å²) in [4.78, 5) is 12.5. The lowest BCUT2D eigenvalue weighted by Crippen LogP contribution is -2.05. The topological polar surface area (TPSA) is 68.0 Å². The standard InChI is InChI=1S/C7H10N6/c1-4-9-6(8-3)13-7(10-4)11-5(2)12-13/h1-3H3,(H,8,9,10,11,12). The van der Waals surface area contributed by atoms with Crippen molar-refractivity contribution >= 4 is 11.7 Å². The van der Waals surface area contributed by atoms with E-state index in [4.69, 9.17) is 0 Å². The molecule has 0 aromatic carbocycles. The minimum absolute atomic E-state index is 0.578. The lowest BCUT2D eigenvalue weighted by atomic mass is 10.7. The van der Waals surface area contributed by atoms with Gasteiger partial charge in [0.15, 0.2) is 0 Å². The van der Waals surface area contributed by atoms with E-state index in [0.29, 0.717) is 23.4 Å². The Balaban J connectivity index is 2.80. The first-order valence-corrected chi connectivity index (χ1v) is 3.96. The third-order valence-corrected chi connectivity index (χ3v) is 1.65. The molecule has 2 aromatic heterocycles. The normalized spacial score (nSPS) is 10.7. The molecule has 1 N–H and O–H groups in total. The number of aryl methyl sites for hydroxylation is 2. The Morgan fingerprint density at radius 3 is 2.46 bits per heavy atom. The highest BCUT2D eigenvalue weighted by atomic mass is 15.4. The molecule has 0 radical (unpaired) electrons. The highest BCUT2D eigenvalue weighted by molar-refractivity contribution is 5.37. The molecule has 0 saturated carbocycles. The van der Waals surface area contributed by atoms with Crippen LogP contribution in [0, 0.1) is 13.8 Å². The first kappa shape index (κ1) is 7.90. The van der Waals surface area contributed by atoms with Crippen molar-refractivity contribution in [1.29, 1.82) is 0 Å². The van der Waals surface area contributed by atoms with Gasteiger partial charge in [0.2, 0.25) is 5.95 Å². The molecule has 0 unspecified atom stereocenters. The van der Waals surface area contributed by atoms with E-state index in [1.807, 2.05) is 13.8 Å². The van der Waals surface area contributed by atoms with Gasteiger partial charge in [-0.05, 0) is 13.8 Å². The summed E-state index contributed by atoms with van der Waals surface area (Å²) in [6, 6.07) is 0. The number of rotatable bonds is 1. The Bertz CT molecular complexity index is 445. The zero-order chi connectivity index (χ0) is 9.42. The third kappa shape index (κ3) is 1.20. The number of aromatic nitrogens is 5. The first-order valence-electron chi connectivity index (χ1n) is 3.96. The SMILES string of the molecule is CNc1nc(C)nc2nc(C)nn12. The molecule has 0 fully saturated rings. The van der Waals surface area contributed by atoms with Crippen LogP contribution < -0.4 is 5.32 Å². The van der Waals surface area contributed by atoms with Gasteiger partial charge in [0.25, 0.3) is 5.78 Å². The van der Waals surface area contributed by atoms with E-state index in [9.17, 15) is 0 Å². The number of nitrogens with zero attached hydrogens (tertiary/aromatic N) is 5. The molecular weight excluding hydrogens is 168 g/mol. The molecule has 0 amide bonds. The molecule has 0 aliphatic heterocycles. The molecule has 0 aliphatic carbocycles. The molecule has 6 nitrogen and oxygen atoms in total. The van der Waals surface area contributed by atoms with E-state index in [1.165, 1.54) is 0 Å². The van der Waals surface area contributed by atoms with Crippen LogP contribution in [0.5, 0.6) is 0 Å². The van der Waals surface area contributed by atoms with Crippen molar-refractivity contribution in [2.24, 2.45) is 0 Å². The number of hydrogen-bond acceptors (Lipinski definition) is 5. The summed E-state index contributed by atoms with van der Waals surface area (Å²) < 4.78 is 1.59. The van der Waals surface area contributed by atoms with Crippen LogP contribution in [0.3, 0.4) is 0 Å². The second-order valence-electron chi connectivity index (χ2n) is 2.72. The lowest BCUT2D eigenvalue weighted by molar-refractivity contribution is 0.865. The maximum atomic E-state index is 4.17. The van der Waals surface area contributed by atoms with Crippen molar-refractivity contribution in [3.63, 3.8) is 0 Å². The van der Waals surface area contributed by atoms with E-state index in [-0.39, 0.29) is 0 Å². The molecule has 6 heteroatoms. The van der Waals surface area contributed by atoms with Gasteiger partial charge in [0.05, 0.1) is 0 Å². The van der Waals surface area contributed by atoms with Gasteiger partial charge in [-0.1, -0.05) is 0 Å². The zero-order valence-electron chi connectivity index (χ0n) is 7.74. The van der Waals surface area contributed by atoms with Gasteiger partial charge >= 0.3 is 0 Å². The Kier molecular flexibility index (Phi) is 1.61. The third-order valence-electron chi connectivity index (χ3n) is 1.65. The van der Waals surface area contributed by atoms with Gasteiger partial charge < -0.3 is 5.32 Å². The van der Waals surface area contributed by atoms with Gasteiger partial charge in [-0.2, -0.15) is 19.5 Å². The Labute approximate surface area is 75.0 Å². The molecule has 0 aliphatic rings. The van der Waals surface area contributed by atoms with Gasteiger partial charge in [-0.3, -0.25) is 0 Å². The van der Waals surface area contributed by atoms with Crippen LogP contribution in [0.25, 0.3) is 5.78 Å². The van der Waals surface area contributed by atoms with Crippen molar-refractivity contribution in [1.82, 2.24) is 24.6 Å². The fourth-order valence-corrected chi connectivity index (χ4v) is 1.15. The van der Waals surface area contributed by atoms with Crippen LogP contribution in [0.2, 0.25) is 0 Å². The van der Waals surface area contributed by atoms with Crippen molar-refractivity contribution in [3.8, 4) is 0 Å². The number of fused-ring (bicyclic) bond motifs is 1. The van der Waals surface area contributed by atoms with Gasteiger partial charge in [0.1, 0.15) is 11.6 Å². The molecule has 13 heavy (non-hydrogen) atoms. The zero-order valence-corrected chi connectivity index (χ0v) is 7.74. The van der Waals surface area contributed by atoms with Gasteiger partial charge in [-0.15, -0.1) is 5.10 Å². The van der Waals surface area contributed by atoms with Gasteiger partial charge in [0, 0.05) is 7.05 Å². The quantitative estimate of drug-likeness (QED) is 0.674. The van der Waals surface area contributed by atoms with Gasteiger partial charge in [-0.25, -0.2) is 0 Å². The fraction of sp³-hybridized carbons (Fsp3) is 0.429. The minimum atomic E-state index is 0.578. The van der Waals surface area contributed by atoms with Crippen LogP contribution in [0.1, 0.15) is 11.6 Å². The molecule has 0 atom stereocenters. The summed E-state index contributed by atoms with van der Waals surface area (Å²) in [7, 11) is 1.79. The Hall–Kier alpha value is -1.72. The number of hydrogen-bond donors (Lipinski definition) is 1. The molecule has 0 saturated heterocycles. The number of anilines is 1. The van der Waals surface area contributed by atoms with Crippen molar-refractivity contribution in [2.45, 2.75) is 13.8 Å². The van der Waals surface area contributed by atoms with E-state index >= 15 is 0 Å². The smallest absolute Gasteiger partial charge is 0.257 e. The molecule has 0 bridgehead atoms. The van der Waals surface area contributed by atoms with Crippen LogP contribution in [-0.2, 0) is 0 Å². The predicted molar refractivity (Wildman–Crippen MR) is 47.6 cm³/mol. The summed E-state index contributed by atoms with van der Waals surface area (Å²) in [6.45, 7) is 3.65. The summed E-state index contributed by atoms with van der Waals surface area (Å²) in [5, 5.41) is 7.08. The van der Waals surface area contributed by atoms with Crippen molar-refractivity contribution in [3.05, 3.63) is 11.6 Å². The van der Waals surface area contributed by atoms with E-state index in [2.05, 4.69) is 25.4 Å². The Morgan fingerprint density at radius 2 is 1.77 bits per heavy atom. The maximum absolute atomic E-state index is 4.17. The molecule has 2 rings (SSSR count). The largest absolute Gasteiger partial charge is 0.357 e. The van der Waals surface area contributed by atoms with Crippen LogP contribution >= 0.6 is 0 Å². The predicted octanol–water partition coefficient (Wildman–Crippen LogP) is 0.178. The lowest BCUT2D eigenvalue weighted by Gasteiger charge is -2.00. The molecule has 68 valence electrons. The summed E-state index contributed by atoms with van der Waals surface area (Å²) in [6.07, 6.45) is 0. The summed E-state index contributed by atoms with van der Waals surface area (Å²) in [5.74, 6) is 2.61. The van der Waals surface area contributed by atoms with E-state index in [1.54, 1.807) is 11.6 Å². The maximum Gasteiger partial charge on any atom is 0.257 e. The van der Waals surface area contributed by atoms with Crippen molar-refractivity contribution < 1.29 is 0 Å². The first-order chi connectivity index (χ1) is 6.20. The van der Waals surface area contributed by atoms with Crippen LogP contribution in [-0.4, -0.2) is 31.6 Å². The summed E-state index contributed by atoms with van der Waals surface area (Å²) in [5.41, 5.74) is 0. The second-order valence-corrected chi connectivity index (χ2v) is 2.72. The number of nitrogens with one attached hydrogen (secondary N) is 1. The second kappa shape index (κ2) is 2.65. The van der Waals surface area contributed by atoms with E-state index in [0.717, 1.165) is 0 Å². The fourth-order valence-electron chi connectivity index (χ4n) is 1.15.